The second-order valence-corrected chi connectivity index (χ2v) is 8.13. The molecule has 8 nitrogen and oxygen atoms in total. The molecule has 0 fully saturated rings. The molecule has 3 rings (SSSR count). The highest BCUT2D eigenvalue weighted by atomic mass is 35.5. The van der Waals surface area contributed by atoms with E-state index in [1.165, 1.54) is 36.8 Å². The van der Waals surface area contributed by atoms with E-state index in [9.17, 15) is 19.8 Å². The number of amides is 2. The third kappa shape index (κ3) is 5.35. The summed E-state index contributed by atoms with van der Waals surface area (Å²) in [4.78, 5) is 29.3. The highest BCUT2D eigenvalue weighted by Crippen LogP contribution is 2.31. The van der Waals surface area contributed by atoms with Crippen LogP contribution < -0.4 is 15.6 Å². The average Bonchev–Trinajstić information content (AvgIpc) is 3.11. The first-order valence-electron chi connectivity index (χ1n) is 9.25. The molecule has 10 heteroatoms. The first kappa shape index (κ1) is 22.6. The van der Waals surface area contributed by atoms with Crippen LogP contribution >= 0.6 is 23.2 Å². The predicted octanol–water partition coefficient (Wildman–Crippen LogP) is 3.26. The minimum atomic E-state index is -0.456. The molecule has 1 aliphatic rings. The molecule has 0 aliphatic carbocycles. The second kappa shape index (κ2) is 8.97. The molecule has 2 aromatic carbocycles. The summed E-state index contributed by atoms with van der Waals surface area (Å²) in [5.41, 5.74) is 1.68. The topological polar surface area (TPSA) is 113 Å². The number of rotatable bonds is 6. The molecule has 0 atom stereocenters. The zero-order valence-electron chi connectivity index (χ0n) is 16.8. The summed E-state index contributed by atoms with van der Waals surface area (Å²) in [5.74, 6) is -1.14. The Bertz CT molecular complexity index is 1030. The first-order chi connectivity index (χ1) is 14.6. The van der Waals surface area contributed by atoms with Crippen LogP contribution in [-0.2, 0) is 9.59 Å². The van der Waals surface area contributed by atoms with Crippen molar-refractivity contribution in [3.8, 4) is 11.5 Å². The van der Waals surface area contributed by atoms with E-state index >= 15 is 0 Å². The van der Waals surface area contributed by atoms with Gasteiger partial charge in [0.2, 0.25) is 0 Å². The van der Waals surface area contributed by atoms with Gasteiger partial charge in [0, 0.05) is 10.0 Å². The number of aryl methyl sites for hydroxylation is 2. The maximum Gasteiger partial charge on any atom is 0.404 e. The number of aliphatic imine (C=N–C) groups is 1. The van der Waals surface area contributed by atoms with E-state index in [0.29, 0.717) is 21.2 Å². The van der Waals surface area contributed by atoms with Crippen LogP contribution in [-0.4, -0.2) is 45.9 Å². The lowest BCUT2D eigenvalue weighted by molar-refractivity contribution is -0.760. The predicted molar refractivity (Wildman–Crippen MR) is 120 cm³/mol. The third-order valence-electron chi connectivity index (χ3n) is 4.72. The zero-order chi connectivity index (χ0) is 22.8. The lowest BCUT2D eigenvalue weighted by Gasteiger charge is -2.22. The van der Waals surface area contributed by atoms with Crippen LogP contribution in [0.3, 0.4) is 0 Å². The number of phenolic OH excluding ortho intramolecular Hbond substituents is 2. The molecule has 1 aliphatic heterocycles. The molecule has 0 saturated carbocycles. The minimum Gasteiger partial charge on any atom is -0.506 e. The van der Waals surface area contributed by atoms with Crippen molar-refractivity contribution in [2.45, 2.75) is 13.8 Å². The maximum atomic E-state index is 12.6. The lowest BCUT2D eigenvalue weighted by atomic mass is 10.2. The quantitative estimate of drug-likeness (QED) is 0.388. The molecule has 31 heavy (non-hydrogen) atoms. The van der Waals surface area contributed by atoms with E-state index in [4.69, 9.17) is 23.2 Å². The molecule has 0 bridgehead atoms. The highest BCUT2D eigenvalue weighted by molar-refractivity contribution is 6.32. The van der Waals surface area contributed by atoms with Crippen molar-refractivity contribution >= 4 is 52.7 Å². The third-order valence-corrected chi connectivity index (χ3v) is 5.54. The number of benzene rings is 2. The van der Waals surface area contributed by atoms with Gasteiger partial charge in [-0.05, 0) is 49.2 Å². The van der Waals surface area contributed by atoms with Crippen molar-refractivity contribution in [2.75, 3.05) is 23.7 Å². The number of phenols is 2. The van der Waals surface area contributed by atoms with E-state index in [1.54, 1.807) is 20.0 Å². The van der Waals surface area contributed by atoms with Gasteiger partial charge in [-0.3, -0.25) is 9.59 Å². The number of hydrogen-bond acceptors (Lipinski definition) is 5. The summed E-state index contributed by atoms with van der Waals surface area (Å²) in [6.07, 6.45) is 4.55. The monoisotopic (exact) mass is 463 g/mol. The van der Waals surface area contributed by atoms with Crippen molar-refractivity contribution in [3.05, 3.63) is 57.8 Å². The van der Waals surface area contributed by atoms with Crippen LogP contribution in [0.2, 0.25) is 10.0 Å². The van der Waals surface area contributed by atoms with Crippen LogP contribution in [0, 0.1) is 13.8 Å². The summed E-state index contributed by atoms with van der Waals surface area (Å²) < 4.78 is -0.182. The highest BCUT2D eigenvalue weighted by Gasteiger charge is 2.38. The number of hydrogen-bond donors (Lipinski definition) is 4. The van der Waals surface area contributed by atoms with Crippen LogP contribution in [0.15, 0.2) is 36.7 Å². The van der Waals surface area contributed by atoms with Gasteiger partial charge in [-0.25, -0.2) is 0 Å². The van der Waals surface area contributed by atoms with Crippen LogP contribution in [0.4, 0.5) is 11.4 Å². The Kier molecular flexibility index (Phi) is 6.54. The van der Waals surface area contributed by atoms with Crippen LogP contribution in [0.5, 0.6) is 11.5 Å². The molecule has 2 aromatic rings. The Labute approximate surface area is 189 Å². The number of carbonyl (C=O) groups is 2. The van der Waals surface area contributed by atoms with Crippen LogP contribution in [0.1, 0.15) is 11.1 Å². The number of halogens is 2. The second-order valence-electron chi connectivity index (χ2n) is 7.32. The Morgan fingerprint density at radius 2 is 1.35 bits per heavy atom. The Balaban J connectivity index is 1.71. The summed E-state index contributed by atoms with van der Waals surface area (Å²) in [6, 6.07) is 5.82. The van der Waals surface area contributed by atoms with Gasteiger partial charge in [-0.2, -0.15) is 4.48 Å². The van der Waals surface area contributed by atoms with Gasteiger partial charge >= 0.3 is 12.5 Å². The Morgan fingerprint density at radius 3 is 1.74 bits per heavy atom. The largest absolute Gasteiger partial charge is 0.506 e. The minimum absolute atomic E-state index is 0.114. The summed E-state index contributed by atoms with van der Waals surface area (Å²) in [6.45, 7) is 3.16. The average molecular weight is 464 g/mol. The van der Waals surface area contributed by atoms with E-state index in [-0.39, 0.29) is 40.4 Å². The van der Waals surface area contributed by atoms with E-state index in [2.05, 4.69) is 15.6 Å². The molecular weight excluding hydrogens is 443 g/mol. The van der Waals surface area contributed by atoms with Crippen molar-refractivity contribution in [1.29, 1.82) is 0 Å². The Hall–Kier alpha value is -3.07. The normalized spacial score (nSPS) is 13.9. The first-order valence-corrected chi connectivity index (χ1v) is 10.0. The van der Waals surface area contributed by atoms with Gasteiger partial charge < -0.3 is 20.8 Å². The maximum absolute atomic E-state index is 12.6. The smallest absolute Gasteiger partial charge is 0.404 e. The van der Waals surface area contributed by atoms with E-state index in [1.807, 2.05) is 0 Å². The van der Waals surface area contributed by atoms with Crippen molar-refractivity contribution in [2.24, 2.45) is 0 Å². The molecule has 0 unspecified atom stereocenters. The van der Waals surface area contributed by atoms with Gasteiger partial charge in [0.1, 0.15) is 16.5 Å². The molecule has 0 aromatic heterocycles. The SMILES string of the molecule is Cc1cc(O)c(NC(=O)C[N+]2(CC(=O)Nc3cc(Cl)c(C)cc3O)C=C[N+]=C2)cc1Cl. The fraction of sp³-hybridized carbons (Fsp3) is 0.190. The van der Waals surface area contributed by atoms with Crippen molar-refractivity contribution in [3.63, 3.8) is 0 Å². The number of nitrogens with one attached hydrogen (secondary N) is 2. The summed E-state index contributed by atoms with van der Waals surface area (Å²) >= 11 is 12.1. The number of anilines is 2. The number of quaternary nitrogens is 1. The van der Waals surface area contributed by atoms with Gasteiger partial charge in [0.05, 0.1) is 11.4 Å². The lowest BCUT2D eigenvalue weighted by Crippen LogP contribution is -2.50. The fourth-order valence-corrected chi connectivity index (χ4v) is 3.40. The molecule has 2 amide bonds. The van der Waals surface area contributed by atoms with Gasteiger partial charge in [-0.1, -0.05) is 23.2 Å². The Morgan fingerprint density at radius 1 is 0.903 bits per heavy atom. The molecule has 161 valence electrons. The summed E-state index contributed by atoms with van der Waals surface area (Å²) in [7, 11) is 0. The number of aromatic hydroxyl groups is 2. The molecule has 0 saturated heterocycles. The molecule has 1 heterocycles. The fourth-order valence-electron chi connectivity index (χ4n) is 3.07. The van der Waals surface area contributed by atoms with Gasteiger partial charge in [0.25, 0.3) is 11.8 Å². The van der Waals surface area contributed by atoms with Gasteiger partial charge in [-0.15, -0.1) is 0 Å². The van der Waals surface area contributed by atoms with Gasteiger partial charge in [0.15, 0.2) is 19.3 Å². The molecular formula is C21H21Cl2N4O4+2. The standard InChI is InChI=1S/C21H20Cl2N4O4/c1-12-5-18(28)16(7-14(12)22)25-20(30)9-27(4-3-24-11-27)10-21(31)26-17-8-15(23)13(2)6-19(17)29/h3-8,11H,9-10H2,1-2H3,(H3-,25,26,28,29,30,31)/q+1/p+1. The van der Waals surface area contributed by atoms with Crippen molar-refractivity contribution < 1.29 is 24.3 Å². The van der Waals surface area contributed by atoms with Crippen LogP contribution in [0.25, 0.3) is 0 Å². The van der Waals surface area contributed by atoms with E-state index < -0.39 is 11.8 Å². The number of nitrogens with zero attached hydrogens (tertiary/aromatic N) is 2. The van der Waals surface area contributed by atoms with Crippen molar-refractivity contribution in [1.82, 2.24) is 4.99 Å². The number of carbonyl (C=O) groups excluding carboxylic acids is 2. The molecule has 0 spiro atoms. The molecule has 4 N–H and O–H groups in total. The van der Waals surface area contributed by atoms with E-state index in [0.717, 1.165) is 0 Å². The summed E-state index contributed by atoms with van der Waals surface area (Å²) in [5, 5.41) is 26.1. The zero-order valence-corrected chi connectivity index (χ0v) is 18.3. The molecule has 1 radical (unpaired) electrons.